The predicted octanol–water partition coefficient (Wildman–Crippen LogP) is 3.87. The lowest BCUT2D eigenvalue weighted by Gasteiger charge is -2.60. The summed E-state index contributed by atoms with van der Waals surface area (Å²) in [6.07, 6.45) is 3.63. The van der Waals surface area contributed by atoms with E-state index >= 15 is 0 Å². The Hall–Kier alpha value is -0.200. The Morgan fingerprint density at radius 2 is 1.88 bits per heavy atom. The van der Waals surface area contributed by atoms with Crippen molar-refractivity contribution >= 4 is 0 Å². The summed E-state index contributed by atoms with van der Waals surface area (Å²) in [5.41, 5.74) is -0.481. The van der Waals surface area contributed by atoms with E-state index in [1.165, 1.54) is 6.42 Å². The second kappa shape index (κ2) is 5.92. The van der Waals surface area contributed by atoms with Crippen LogP contribution < -0.4 is 0 Å². The number of ether oxygens (including phenoxy) is 3. The van der Waals surface area contributed by atoms with Crippen molar-refractivity contribution in [1.82, 2.24) is 0 Å². The normalized spacial score (nSPS) is 53.8. The summed E-state index contributed by atoms with van der Waals surface area (Å²) >= 11 is 0. The molecule has 4 saturated heterocycles. The highest BCUT2D eigenvalue weighted by Crippen LogP contribution is 2.60. The van der Waals surface area contributed by atoms with E-state index in [9.17, 15) is 0 Å². The highest BCUT2D eigenvalue weighted by molar-refractivity contribution is 5.09. The van der Waals surface area contributed by atoms with E-state index in [4.69, 9.17) is 24.0 Å². The monoisotopic (exact) mass is 340 g/mol. The van der Waals surface area contributed by atoms with E-state index < -0.39 is 17.7 Å². The van der Waals surface area contributed by atoms with Gasteiger partial charge in [0.1, 0.15) is 0 Å². The van der Waals surface area contributed by atoms with Crippen LogP contribution >= 0.6 is 0 Å². The molecular weight excluding hydrogens is 308 g/mol. The maximum absolute atomic E-state index is 6.36. The molecule has 5 nitrogen and oxygen atoms in total. The van der Waals surface area contributed by atoms with Crippen LogP contribution in [0.25, 0.3) is 0 Å². The predicted molar refractivity (Wildman–Crippen MR) is 87.6 cm³/mol. The third-order valence-electron chi connectivity index (χ3n) is 6.69. The van der Waals surface area contributed by atoms with Gasteiger partial charge >= 0.3 is 0 Å². The SMILES string of the molecule is CC(C)CO[C@H]1O[C@@H]2OC3(C)CC[C@H]4[C@H](C)CCC([C@H]1C)[C@@]24OO3. The largest absolute Gasteiger partial charge is 0.352 e. The van der Waals surface area contributed by atoms with Gasteiger partial charge in [-0.05, 0) is 43.9 Å². The first-order valence-corrected chi connectivity index (χ1v) is 9.67. The molecule has 24 heavy (non-hydrogen) atoms. The van der Waals surface area contributed by atoms with Gasteiger partial charge in [-0.25, -0.2) is 9.78 Å². The summed E-state index contributed by atoms with van der Waals surface area (Å²) in [5.74, 6) is 1.40. The van der Waals surface area contributed by atoms with Gasteiger partial charge in [0.25, 0.3) is 0 Å². The number of fused-ring (bicyclic) bond motifs is 2. The molecule has 0 amide bonds. The first-order valence-electron chi connectivity index (χ1n) is 9.67. The van der Waals surface area contributed by atoms with Crippen LogP contribution in [-0.2, 0) is 24.0 Å². The van der Waals surface area contributed by atoms with Crippen molar-refractivity contribution in [1.29, 1.82) is 0 Å². The smallest absolute Gasteiger partial charge is 0.201 e. The van der Waals surface area contributed by atoms with E-state index in [0.29, 0.717) is 30.3 Å². The molecule has 0 aromatic carbocycles. The standard InChI is InChI=1S/C19H32O5/c1-11(2)10-20-16-13(4)15-7-6-12(3)14-8-9-18(5)22-17(21-16)19(14,15)24-23-18/h11-17H,6-10H2,1-5H3/t12-,13-,14+,15?,16+,17-,18?,19-/m1/s1. The first kappa shape index (κ1) is 17.2. The molecule has 5 aliphatic rings. The molecule has 2 bridgehead atoms. The van der Waals surface area contributed by atoms with E-state index in [2.05, 4.69) is 27.7 Å². The summed E-state index contributed by atoms with van der Waals surface area (Å²) in [5, 5.41) is 0. The van der Waals surface area contributed by atoms with E-state index in [1.807, 2.05) is 6.92 Å². The van der Waals surface area contributed by atoms with Gasteiger partial charge in [0, 0.05) is 18.3 Å². The van der Waals surface area contributed by atoms with Crippen molar-refractivity contribution in [3.05, 3.63) is 0 Å². The fraction of sp³-hybridized carbons (Fsp3) is 1.00. The lowest BCUT2D eigenvalue weighted by Crippen LogP contribution is -2.70. The molecule has 8 atom stereocenters. The van der Waals surface area contributed by atoms with Crippen LogP contribution in [0.5, 0.6) is 0 Å². The van der Waals surface area contributed by atoms with Gasteiger partial charge < -0.3 is 14.2 Å². The fourth-order valence-corrected chi connectivity index (χ4v) is 5.35. The molecule has 5 fully saturated rings. The van der Waals surface area contributed by atoms with Crippen LogP contribution in [0.15, 0.2) is 0 Å². The lowest BCUT2D eigenvalue weighted by atomic mass is 9.58. The highest BCUT2D eigenvalue weighted by Gasteiger charge is 2.69. The Morgan fingerprint density at radius 3 is 2.62 bits per heavy atom. The summed E-state index contributed by atoms with van der Waals surface area (Å²) in [6.45, 7) is 11.6. The minimum atomic E-state index is -0.708. The van der Waals surface area contributed by atoms with Crippen LogP contribution in [0.1, 0.15) is 60.3 Å². The molecule has 4 aliphatic heterocycles. The Morgan fingerprint density at radius 1 is 1.08 bits per heavy atom. The van der Waals surface area contributed by atoms with Gasteiger partial charge in [0.05, 0.1) is 6.61 Å². The van der Waals surface area contributed by atoms with Crippen molar-refractivity contribution in [2.24, 2.45) is 29.6 Å². The van der Waals surface area contributed by atoms with E-state index in [-0.39, 0.29) is 12.2 Å². The van der Waals surface area contributed by atoms with Gasteiger partial charge in [-0.2, -0.15) is 0 Å². The minimum absolute atomic E-state index is 0.228. The molecular formula is C19H32O5. The number of hydrogen-bond donors (Lipinski definition) is 0. The molecule has 1 saturated carbocycles. The molecule has 5 heteroatoms. The van der Waals surface area contributed by atoms with Crippen LogP contribution in [0.2, 0.25) is 0 Å². The second-order valence-corrected chi connectivity index (χ2v) is 9.00. The van der Waals surface area contributed by atoms with Gasteiger partial charge in [0.2, 0.25) is 5.79 Å². The second-order valence-electron chi connectivity index (χ2n) is 9.00. The van der Waals surface area contributed by atoms with Crippen molar-refractivity contribution in [3.8, 4) is 0 Å². The molecule has 1 aliphatic carbocycles. The quantitative estimate of drug-likeness (QED) is 0.730. The van der Waals surface area contributed by atoms with Gasteiger partial charge in [0.15, 0.2) is 18.2 Å². The van der Waals surface area contributed by atoms with E-state index in [0.717, 1.165) is 19.3 Å². The molecule has 138 valence electrons. The molecule has 0 radical (unpaired) electrons. The summed E-state index contributed by atoms with van der Waals surface area (Å²) in [7, 11) is 0. The molecule has 0 aromatic heterocycles. The molecule has 0 N–H and O–H groups in total. The molecule has 0 aromatic rings. The van der Waals surface area contributed by atoms with Crippen LogP contribution in [0.3, 0.4) is 0 Å². The Labute approximate surface area is 145 Å². The van der Waals surface area contributed by atoms with Gasteiger partial charge in [-0.15, -0.1) is 0 Å². The average Bonchev–Trinajstić information content (AvgIpc) is 2.76. The summed E-state index contributed by atoms with van der Waals surface area (Å²) < 4.78 is 18.8. The zero-order valence-corrected chi connectivity index (χ0v) is 15.6. The van der Waals surface area contributed by atoms with Crippen molar-refractivity contribution in [2.45, 2.75) is 84.3 Å². The maximum atomic E-state index is 6.36. The average molecular weight is 340 g/mol. The Bertz CT molecular complexity index is 482. The van der Waals surface area contributed by atoms with Crippen molar-refractivity contribution in [3.63, 3.8) is 0 Å². The zero-order valence-electron chi connectivity index (χ0n) is 15.6. The van der Waals surface area contributed by atoms with Crippen LogP contribution in [-0.4, -0.2) is 30.6 Å². The maximum Gasteiger partial charge on any atom is 0.201 e. The first-order chi connectivity index (χ1) is 11.4. The van der Waals surface area contributed by atoms with Gasteiger partial charge in [-0.3, -0.25) is 0 Å². The lowest BCUT2D eigenvalue weighted by molar-refractivity contribution is -0.577. The minimum Gasteiger partial charge on any atom is -0.352 e. The van der Waals surface area contributed by atoms with Crippen LogP contribution in [0, 0.1) is 29.6 Å². The Balaban J connectivity index is 1.67. The molecule has 5 rings (SSSR count). The number of rotatable bonds is 3. The van der Waals surface area contributed by atoms with E-state index in [1.54, 1.807) is 0 Å². The topological polar surface area (TPSA) is 46.2 Å². The summed E-state index contributed by atoms with van der Waals surface area (Å²) in [6, 6.07) is 0. The van der Waals surface area contributed by atoms with Crippen molar-refractivity contribution in [2.75, 3.05) is 6.61 Å². The highest BCUT2D eigenvalue weighted by atomic mass is 17.3. The third-order valence-corrected chi connectivity index (χ3v) is 6.69. The summed E-state index contributed by atoms with van der Waals surface area (Å²) in [4.78, 5) is 11.9. The van der Waals surface area contributed by atoms with Crippen molar-refractivity contribution < 1.29 is 24.0 Å². The van der Waals surface area contributed by atoms with Gasteiger partial charge in [-0.1, -0.05) is 27.7 Å². The molecule has 1 spiro atoms. The molecule has 2 unspecified atom stereocenters. The Kier molecular flexibility index (Phi) is 4.25. The number of hydrogen-bond acceptors (Lipinski definition) is 5. The third kappa shape index (κ3) is 2.47. The zero-order chi connectivity index (χ0) is 17.1. The fourth-order valence-electron chi connectivity index (χ4n) is 5.35. The molecule has 4 heterocycles. The van der Waals surface area contributed by atoms with Crippen LogP contribution in [0.4, 0.5) is 0 Å².